The van der Waals surface area contributed by atoms with Crippen LogP contribution in [0.25, 0.3) is 6.08 Å². The van der Waals surface area contributed by atoms with Gasteiger partial charge in [-0.2, -0.15) is 20.8 Å². The number of rotatable bonds is 13. The lowest BCUT2D eigenvalue weighted by Gasteiger charge is -2.34. The second kappa shape index (κ2) is 15.1. The van der Waals surface area contributed by atoms with Gasteiger partial charge in [-0.05, 0) is 63.7 Å². The molecule has 11 nitrogen and oxygen atoms in total. The normalized spacial score (nSPS) is 16.0. The van der Waals surface area contributed by atoms with E-state index >= 15 is 0 Å². The molecule has 1 fully saturated rings. The second-order valence-electron chi connectivity index (χ2n) is 9.56. The van der Waals surface area contributed by atoms with Crippen molar-refractivity contribution >= 4 is 17.8 Å². The number of amides is 1. The molecule has 1 aromatic carbocycles. The number of nitrogens with zero attached hydrogens (tertiary/aromatic N) is 5. The number of nitrogens with two attached hydrogens (primary N) is 1. The molecule has 3 rings (SSSR count). The highest BCUT2D eigenvalue weighted by Crippen LogP contribution is 2.17. The average Bonchev–Trinajstić information content (AvgIpc) is 3.39. The Balaban J connectivity index is 1.37. The average molecular weight is 511 g/mol. The molecule has 1 unspecified atom stereocenters. The number of nitrogens with one attached hydrogen (secondary N) is 3. The number of aromatic amines is 1. The number of aliphatic hydroxyl groups excluding tert-OH is 1. The molecule has 0 spiro atoms. The molecule has 37 heavy (non-hydrogen) atoms. The number of hydrogen-bond acceptors (Lipinski definition) is 7. The van der Waals surface area contributed by atoms with Crippen molar-refractivity contribution in [3.63, 3.8) is 0 Å². The van der Waals surface area contributed by atoms with Crippen LogP contribution in [0.2, 0.25) is 0 Å². The molecule has 1 saturated heterocycles. The van der Waals surface area contributed by atoms with Crippen LogP contribution in [0.4, 0.5) is 0 Å². The van der Waals surface area contributed by atoms with Crippen molar-refractivity contribution in [2.24, 2.45) is 10.3 Å². The maximum Gasteiger partial charge on any atom is 0.220 e. The molecule has 2 heterocycles. The van der Waals surface area contributed by atoms with Crippen LogP contribution >= 0.6 is 0 Å². The molecule has 1 aliphatic heterocycles. The lowest BCUT2D eigenvalue weighted by Crippen LogP contribution is -2.75. The van der Waals surface area contributed by atoms with E-state index in [0.717, 1.165) is 74.0 Å². The summed E-state index contributed by atoms with van der Waals surface area (Å²) in [5, 5.41) is 39.3. The number of carbonyl (C=O) groups is 1. The van der Waals surface area contributed by atoms with Gasteiger partial charge < -0.3 is 10.4 Å². The van der Waals surface area contributed by atoms with Gasteiger partial charge in [0.15, 0.2) is 0 Å². The van der Waals surface area contributed by atoms with Crippen LogP contribution in [-0.4, -0.2) is 62.5 Å². The number of likely N-dealkylation sites (tertiary alicyclic amines) is 1. The van der Waals surface area contributed by atoms with E-state index in [4.69, 9.17) is 5.41 Å². The Kier molecular flexibility index (Phi) is 11.5. The first-order chi connectivity index (χ1) is 17.9. The van der Waals surface area contributed by atoms with Crippen molar-refractivity contribution in [2.45, 2.75) is 77.6 Å². The predicted octanol–water partition coefficient (Wildman–Crippen LogP) is 2.26. The van der Waals surface area contributed by atoms with Crippen LogP contribution in [0.1, 0.15) is 67.8 Å². The van der Waals surface area contributed by atoms with E-state index in [1.807, 2.05) is 36.1 Å². The molecule has 0 radical (unpaired) electrons. The van der Waals surface area contributed by atoms with E-state index in [2.05, 4.69) is 37.1 Å². The highest BCUT2D eigenvalue weighted by Gasteiger charge is 2.23. The van der Waals surface area contributed by atoms with Crippen LogP contribution in [0.15, 0.2) is 40.8 Å². The number of aryl methyl sites for hydroxylation is 2. The van der Waals surface area contributed by atoms with Gasteiger partial charge in [0.2, 0.25) is 5.91 Å². The summed E-state index contributed by atoms with van der Waals surface area (Å²) in [5.41, 5.74) is 5.91. The summed E-state index contributed by atoms with van der Waals surface area (Å²) < 4.78 is 0. The van der Waals surface area contributed by atoms with Crippen LogP contribution in [0.3, 0.4) is 0 Å². The van der Waals surface area contributed by atoms with E-state index < -0.39 is 6.23 Å². The van der Waals surface area contributed by atoms with Crippen molar-refractivity contribution < 1.29 is 15.3 Å². The third-order valence-corrected chi connectivity index (χ3v) is 6.42. The monoisotopic (exact) mass is 510 g/mol. The van der Waals surface area contributed by atoms with Crippen LogP contribution in [-0.2, 0) is 17.8 Å². The maximum absolute atomic E-state index is 12.3. The Hall–Kier alpha value is -3.28. The van der Waals surface area contributed by atoms with Crippen molar-refractivity contribution in [2.75, 3.05) is 13.1 Å². The van der Waals surface area contributed by atoms with Gasteiger partial charge in [-0.15, -0.1) is 0 Å². The van der Waals surface area contributed by atoms with Gasteiger partial charge in [0.1, 0.15) is 18.6 Å². The first kappa shape index (κ1) is 28.3. The molecule has 1 aliphatic rings. The molecule has 0 saturated carbocycles. The molecule has 0 aliphatic carbocycles. The van der Waals surface area contributed by atoms with E-state index in [1.165, 1.54) is 0 Å². The minimum Gasteiger partial charge on any atom is -0.375 e. The maximum atomic E-state index is 12.3. The zero-order valence-electron chi connectivity index (χ0n) is 21.9. The van der Waals surface area contributed by atoms with Crippen molar-refractivity contribution in [1.82, 2.24) is 25.6 Å². The molecule has 11 heteroatoms. The fourth-order valence-electron chi connectivity index (χ4n) is 4.37. The van der Waals surface area contributed by atoms with Crippen molar-refractivity contribution in [1.29, 1.82) is 5.41 Å². The fourth-order valence-corrected chi connectivity index (χ4v) is 4.37. The molecule has 1 amide bonds. The van der Waals surface area contributed by atoms with Crippen LogP contribution in [0, 0.1) is 12.3 Å². The largest absolute Gasteiger partial charge is 0.375 e. The van der Waals surface area contributed by atoms with Gasteiger partial charge in [-0.25, -0.2) is 0 Å². The molecular formula is C26H40N9O2+. The molecule has 200 valence electrons. The zero-order valence-corrected chi connectivity index (χ0v) is 21.9. The summed E-state index contributed by atoms with van der Waals surface area (Å²) in [7, 11) is 0. The molecule has 0 bridgehead atoms. The highest BCUT2D eigenvalue weighted by atomic mass is 16.3. The van der Waals surface area contributed by atoms with E-state index in [9.17, 15) is 9.90 Å². The number of carbonyl (C=O) groups excluding carboxylic acids is 1. The number of quaternary nitrogens is 1. The van der Waals surface area contributed by atoms with Gasteiger partial charge in [-0.1, -0.05) is 35.3 Å². The number of benzene rings is 1. The van der Waals surface area contributed by atoms with Crippen molar-refractivity contribution in [3.8, 4) is 0 Å². The SMILES string of the molecule is CC(=N)N=N[NH2+]Cc1cc(C)ccc1C=CC(O)N1CCC(NC(=O)CCCCCc2cn[nH]n2)CC1. The lowest BCUT2D eigenvalue weighted by atomic mass is 10.0. The van der Waals surface area contributed by atoms with Crippen LogP contribution < -0.4 is 10.7 Å². The molecule has 6 N–H and O–H groups in total. The number of H-pyrrole nitrogens is 1. The summed E-state index contributed by atoms with van der Waals surface area (Å²) in [6, 6.07) is 6.34. The number of hydrogen-bond donors (Lipinski definition) is 5. The first-order valence-corrected chi connectivity index (χ1v) is 13.0. The van der Waals surface area contributed by atoms with Gasteiger partial charge in [0, 0.05) is 36.3 Å². The first-order valence-electron chi connectivity index (χ1n) is 13.0. The standard InChI is InChI=1S/C26H39N9O2/c1-19-8-9-21(22(16-19)17-28-33-31-20(2)27)10-11-26(37)35-14-12-23(13-15-35)30-25(36)7-5-3-4-6-24-18-29-34-32-24/h8-11,16,18,23,26,37H,3-7,12-15,17H2,1-2H3,(H,30,36)(H2,27,28,31)(H,29,32,34)/p+1. The smallest absolute Gasteiger partial charge is 0.220 e. The minimum absolute atomic E-state index is 0.111. The second-order valence-corrected chi connectivity index (χ2v) is 9.56. The quantitative estimate of drug-likeness (QED) is 0.0697. The Bertz CT molecular complexity index is 1040. The van der Waals surface area contributed by atoms with E-state index in [-0.39, 0.29) is 17.8 Å². The predicted molar refractivity (Wildman–Crippen MR) is 141 cm³/mol. The molecule has 1 aromatic heterocycles. The van der Waals surface area contributed by atoms with Gasteiger partial charge >= 0.3 is 0 Å². The third-order valence-electron chi connectivity index (χ3n) is 6.42. The fraction of sp³-hybridized carbons (Fsp3) is 0.538. The zero-order chi connectivity index (χ0) is 26.5. The number of amidine groups is 1. The van der Waals surface area contributed by atoms with Gasteiger partial charge in [0.25, 0.3) is 0 Å². The Morgan fingerprint density at radius 2 is 2.16 bits per heavy atom. The van der Waals surface area contributed by atoms with Crippen LogP contribution in [0.5, 0.6) is 0 Å². The summed E-state index contributed by atoms with van der Waals surface area (Å²) in [6.45, 7) is 5.68. The van der Waals surface area contributed by atoms with Crippen molar-refractivity contribution in [3.05, 3.63) is 52.9 Å². The minimum atomic E-state index is -0.681. The highest BCUT2D eigenvalue weighted by molar-refractivity contribution is 5.76. The summed E-state index contributed by atoms with van der Waals surface area (Å²) in [6.07, 6.45) is 10.8. The number of piperidine rings is 1. The Morgan fingerprint density at radius 3 is 2.89 bits per heavy atom. The van der Waals surface area contributed by atoms with E-state index in [1.54, 1.807) is 18.5 Å². The molecule has 1 atom stereocenters. The van der Waals surface area contributed by atoms with E-state index in [0.29, 0.717) is 13.0 Å². The topological polar surface area (TPSA) is 159 Å². The number of unbranched alkanes of at least 4 members (excludes halogenated alkanes) is 2. The summed E-state index contributed by atoms with van der Waals surface area (Å²) >= 11 is 0. The Morgan fingerprint density at radius 1 is 1.35 bits per heavy atom. The summed E-state index contributed by atoms with van der Waals surface area (Å²) in [4.78, 5) is 14.4. The molecular weight excluding hydrogens is 470 g/mol. The summed E-state index contributed by atoms with van der Waals surface area (Å²) in [5.74, 6) is 0.279. The molecule has 2 aromatic rings. The third kappa shape index (κ3) is 10.3. The lowest BCUT2D eigenvalue weighted by molar-refractivity contribution is -0.683. The number of aromatic nitrogens is 3. The van der Waals surface area contributed by atoms with Gasteiger partial charge in [0.05, 0.1) is 11.9 Å². The van der Waals surface area contributed by atoms with Gasteiger partial charge in [-0.3, -0.25) is 15.1 Å². The number of aliphatic hydroxyl groups is 1. The Labute approximate surface area is 218 Å².